The first kappa shape index (κ1) is 47.0. The third-order valence-corrected chi connectivity index (χ3v) is 19.6. The van der Waals surface area contributed by atoms with Crippen LogP contribution in [0.25, 0.3) is 0 Å². The van der Waals surface area contributed by atoms with E-state index in [1.54, 1.807) is 52.0 Å². The predicted octanol–water partition coefficient (Wildman–Crippen LogP) is 11.9. The van der Waals surface area contributed by atoms with E-state index in [2.05, 4.69) is 125 Å². The van der Waals surface area contributed by atoms with E-state index in [0.717, 1.165) is 56.4 Å². The molecule has 328 valence electrons. The van der Waals surface area contributed by atoms with Gasteiger partial charge in [-0.15, -0.1) is 0 Å². The molecule has 0 heterocycles. The Kier molecular flexibility index (Phi) is 15.4. The zero-order valence-corrected chi connectivity index (χ0v) is 39.8. The first-order valence-electron chi connectivity index (χ1n) is 21.1. The fourth-order valence-corrected chi connectivity index (χ4v) is 17.9. The molecule has 0 fully saturated rings. The number of hydrogen-bond donors (Lipinski definition) is 2. The van der Waals surface area contributed by atoms with Gasteiger partial charge in [-0.2, -0.15) is 0 Å². The van der Waals surface area contributed by atoms with Crippen molar-refractivity contribution in [3.8, 4) is 23.0 Å². The molecule has 10 heteroatoms. The summed E-state index contributed by atoms with van der Waals surface area (Å²) in [4.78, 5) is 27.0. The number of hydrogen-bond acceptors (Lipinski definition) is 9. The number of ether oxygens (including phenoxy) is 4. The molecule has 0 aliphatic heterocycles. The third-order valence-electron chi connectivity index (χ3n) is 11.7. The summed E-state index contributed by atoms with van der Waals surface area (Å²) in [5.74, 6) is 3.99. The van der Waals surface area contributed by atoms with Crippen LogP contribution in [0, 0.1) is 0 Å². The van der Waals surface area contributed by atoms with E-state index < -0.39 is 16.7 Å². The molecular formula is C52H62NO6PS2. The molecule has 0 spiro atoms. The van der Waals surface area contributed by atoms with Crippen LogP contribution in [-0.4, -0.2) is 78.8 Å². The standard InChI is InChI=1S/C52H62NO6PS2/c1-39(2)53(40(3)4)60(54,55,35-37-61-51(41-15-11-9-12-16-41,43-19-27-47(56-5)28-20-43)44-21-29-48(57-6)30-22-44)36-38-62-52(42-17-13-10-14-18-42,45-23-31-49(58-7)32-24-45)46-25-33-50(59-8)34-26-46/h9-34,39-40,54-55H,35-38H2,1-8H3. The molecule has 6 rings (SSSR count). The number of thioether (sulfide) groups is 2. The van der Waals surface area contributed by atoms with Crippen LogP contribution in [0.5, 0.6) is 23.0 Å². The fourth-order valence-electron chi connectivity index (χ4n) is 8.93. The Bertz CT molecular complexity index is 2030. The Labute approximate surface area is 378 Å². The molecule has 0 unspecified atom stereocenters. The molecule has 6 aromatic rings. The Morgan fingerprint density at radius 1 is 0.419 bits per heavy atom. The van der Waals surface area contributed by atoms with E-state index in [1.165, 1.54) is 0 Å². The normalized spacial score (nSPS) is 12.9. The molecule has 0 radical (unpaired) electrons. The molecule has 6 aromatic carbocycles. The molecule has 0 bridgehead atoms. The molecule has 0 aliphatic carbocycles. The molecule has 0 saturated heterocycles. The van der Waals surface area contributed by atoms with Gasteiger partial charge in [0, 0.05) is 0 Å². The van der Waals surface area contributed by atoms with Crippen molar-refractivity contribution >= 4 is 30.7 Å². The van der Waals surface area contributed by atoms with E-state index in [-0.39, 0.29) is 24.4 Å². The molecule has 0 aliphatic rings. The van der Waals surface area contributed by atoms with E-state index >= 15 is 0 Å². The Balaban J connectivity index is 1.44. The summed E-state index contributed by atoms with van der Waals surface area (Å²) in [6.07, 6.45) is 0.384. The van der Waals surface area contributed by atoms with Gasteiger partial charge in [0.05, 0.1) is 0 Å². The molecule has 0 saturated carbocycles. The van der Waals surface area contributed by atoms with E-state index in [9.17, 15) is 9.79 Å². The van der Waals surface area contributed by atoms with E-state index in [1.807, 2.05) is 65.3 Å². The summed E-state index contributed by atoms with van der Waals surface area (Å²) in [5, 5.41) is 0. The van der Waals surface area contributed by atoms with Crippen LogP contribution in [0.2, 0.25) is 0 Å². The fraction of sp³-hybridized carbons (Fsp3) is 0.308. The van der Waals surface area contributed by atoms with Crippen molar-refractivity contribution in [2.24, 2.45) is 0 Å². The zero-order valence-electron chi connectivity index (χ0n) is 37.2. The SMILES string of the molecule is COc1ccc(C(SCCP(O)(O)(CCSC(c2ccccc2)(c2ccc(OC)cc2)c2ccc(OC)cc2)N(C(C)C)C(C)C)(c2ccccc2)c2ccc(OC)cc2)cc1. The van der Waals surface area contributed by atoms with Crippen LogP contribution in [0.4, 0.5) is 0 Å². The van der Waals surface area contributed by atoms with Crippen LogP contribution in [0.15, 0.2) is 158 Å². The molecule has 0 atom stereocenters. The van der Waals surface area contributed by atoms with Crippen molar-refractivity contribution in [1.82, 2.24) is 4.67 Å². The van der Waals surface area contributed by atoms with Gasteiger partial charge < -0.3 is 0 Å². The summed E-state index contributed by atoms with van der Waals surface area (Å²) in [6, 6.07) is 53.6. The van der Waals surface area contributed by atoms with Gasteiger partial charge in [0.1, 0.15) is 0 Å². The quantitative estimate of drug-likeness (QED) is 0.0542. The van der Waals surface area contributed by atoms with E-state index in [0.29, 0.717) is 11.5 Å². The Morgan fingerprint density at radius 2 is 0.661 bits per heavy atom. The summed E-state index contributed by atoms with van der Waals surface area (Å²) in [6.45, 7) is 8.28. The summed E-state index contributed by atoms with van der Waals surface area (Å²) < 4.78 is 23.0. The second kappa shape index (κ2) is 20.4. The minimum atomic E-state index is -4.68. The summed E-state index contributed by atoms with van der Waals surface area (Å²) >= 11 is 3.46. The number of methoxy groups -OCH3 is 4. The van der Waals surface area contributed by atoms with Gasteiger partial charge in [0.15, 0.2) is 0 Å². The van der Waals surface area contributed by atoms with Crippen LogP contribution >= 0.6 is 30.7 Å². The first-order chi connectivity index (χ1) is 29.8. The van der Waals surface area contributed by atoms with Crippen molar-refractivity contribution < 1.29 is 28.7 Å². The zero-order chi connectivity index (χ0) is 44.4. The minimum absolute atomic E-state index is 0.123. The van der Waals surface area contributed by atoms with Crippen molar-refractivity contribution in [3.63, 3.8) is 0 Å². The van der Waals surface area contributed by atoms with Crippen molar-refractivity contribution in [2.45, 2.75) is 49.3 Å². The molecular weight excluding hydrogens is 830 g/mol. The van der Waals surface area contributed by atoms with Gasteiger partial charge in [-0.05, 0) is 0 Å². The van der Waals surface area contributed by atoms with Gasteiger partial charge in [-0.3, -0.25) is 0 Å². The first-order valence-corrected chi connectivity index (χ1v) is 25.5. The number of benzene rings is 6. The van der Waals surface area contributed by atoms with Crippen LogP contribution in [0.1, 0.15) is 61.1 Å². The van der Waals surface area contributed by atoms with Crippen molar-refractivity contribution in [2.75, 3.05) is 52.3 Å². The number of nitrogens with zero attached hydrogens (tertiary/aromatic N) is 1. The molecule has 7 nitrogen and oxygen atoms in total. The number of rotatable bonds is 21. The van der Waals surface area contributed by atoms with Gasteiger partial charge in [0.2, 0.25) is 0 Å². The second-order valence-electron chi connectivity index (χ2n) is 16.1. The maximum atomic E-state index is 13.5. The summed E-state index contributed by atoms with van der Waals surface area (Å²) in [5.41, 5.74) is 6.40. The van der Waals surface area contributed by atoms with Gasteiger partial charge in [0.25, 0.3) is 0 Å². The average molecular weight is 892 g/mol. The van der Waals surface area contributed by atoms with Crippen molar-refractivity contribution in [3.05, 3.63) is 191 Å². The third kappa shape index (κ3) is 9.84. The molecule has 62 heavy (non-hydrogen) atoms. The maximum absolute atomic E-state index is 13.5. The Hall–Kier alpha value is -4.47. The molecule has 2 N–H and O–H groups in total. The van der Waals surface area contributed by atoms with Crippen LogP contribution in [0.3, 0.4) is 0 Å². The predicted molar refractivity (Wildman–Crippen MR) is 263 cm³/mol. The van der Waals surface area contributed by atoms with Gasteiger partial charge in [-0.1, -0.05) is 0 Å². The topological polar surface area (TPSA) is 80.6 Å². The van der Waals surface area contributed by atoms with Crippen LogP contribution in [-0.2, 0) is 9.49 Å². The summed E-state index contributed by atoms with van der Waals surface area (Å²) in [7, 11) is 2.02. The van der Waals surface area contributed by atoms with Crippen LogP contribution < -0.4 is 18.9 Å². The molecule has 0 amide bonds. The van der Waals surface area contributed by atoms with Crippen molar-refractivity contribution in [1.29, 1.82) is 0 Å². The monoisotopic (exact) mass is 891 g/mol. The average Bonchev–Trinajstić information content (AvgIpc) is 3.30. The van der Waals surface area contributed by atoms with E-state index in [4.69, 9.17) is 18.9 Å². The van der Waals surface area contributed by atoms with Gasteiger partial charge in [-0.25, -0.2) is 0 Å². The molecule has 0 aromatic heterocycles. The Morgan fingerprint density at radius 3 is 0.887 bits per heavy atom. The second-order valence-corrected chi connectivity index (χ2v) is 22.7. The van der Waals surface area contributed by atoms with Gasteiger partial charge >= 0.3 is 380 Å².